The molecule has 0 heterocycles. The van der Waals surface area contributed by atoms with Gasteiger partial charge >= 0.3 is 11.8 Å². The van der Waals surface area contributed by atoms with Gasteiger partial charge in [-0.2, -0.15) is 5.10 Å². The molecule has 3 N–H and O–H groups in total. The first-order valence-corrected chi connectivity index (χ1v) is 10.8. The molecule has 34 heavy (non-hydrogen) atoms. The molecule has 174 valence electrons. The van der Waals surface area contributed by atoms with Crippen molar-refractivity contribution in [1.82, 2.24) is 5.43 Å². The van der Waals surface area contributed by atoms with E-state index in [2.05, 4.69) is 21.2 Å². The van der Waals surface area contributed by atoms with Crippen molar-refractivity contribution in [2.45, 2.75) is 20.3 Å². The lowest BCUT2D eigenvalue weighted by atomic mass is 10.1. The summed E-state index contributed by atoms with van der Waals surface area (Å²) in [6, 6.07) is 21.5. The van der Waals surface area contributed by atoms with Crippen molar-refractivity contribution in [1.29, 1.82) is 0 Å². The number of anilines is 2. The second-order valence-electron chi connectivity index (χ2n) is 7.44. The number of para-hydroxylation sites is 1. The highest BCUT2D eigenvalue weighted by molar-refractivity contribution is 6.39. The fourth-order valence-electron chi connectivity index (χ4n) is 2.98. The number of hydrogen-bond acceptors (Lipinski definition) is 5. The topological polar surface area (TPSA) is 109 Å². The molecule has 0 unspecified atom stereocenters. The third-order valence-electron chi connectivity index (χ3n) is 4.82. The van der Waals surface area contributed by atoms with E-state index >= 15 is 0 Å². The summed E-state index contributed by atoms with van der Waals surface area (Å²) in [5, 5.41) is 9.16. The molecule has 0 spiro atoms. The molecule has 3 amide bonds. The molecule has 0 aromatic heterocycles. The third kappa shape index (κ3) is 7.30. The molecule has 0 radical (unpaired) electrons. The summed E-state index contributed by atoms with van der Waals surface area (Å²) in [5.41, 5.74) is 6.22. The van der Waals surface area contributed by atoms with E-state index in [0.717, 1.165) is 17.5 Å². The standard InChI is InChI=1S/C26H26N4O4/c1-3-20-6-4-5-7-23(20)29-25(32)26(33)30-27-16-19-10-14-22(15-11-19)34-17-24(31)28-21-12-8-18(2)9-13-21/h4-16H,3,17H2,1-2H3,(H,28,31)(H,29,32)(H,30,33)/b27-16-. The summed E-state index contributed by atoms with van der Waals surface area (Å²) in [6.07, 6.45) is 2.13. The highest BCUT2D eigenvalue weighted by atomic mass is 16.5. The molecule has 0 atom stereocenters. The van der Waals surface area contributed by atoms with Gasteiger partial charge in [-0.1, -0.05) is 42.8 Å². The highest BCUT2D eigenvalue weighted by Crippen LogP contribution is 2.15. The van der Waals surface area contributed by atoms with Crippen LogP contribution in [-0.4, -0.2) is 30.5 Å². The average molecular weight is 459 g/mol. The SMILES string of the molecule is CCc1ccccc1NC(=O)C(=O)N/N=C\c1ccc(OCC(=O)Nc2ccc(C)cc2)cc1. The molecule has 0 bridgehead atoms. The molecular weight excluding hydrogens is 432 g/mol. The summed E-state index contributed by atoms with van der Waals surface area (Å²) in [7, 11) is 0. The maximum absolute atomic E-state index is 12.1. The summed E-state index contributed by atoms with van der Waals surface area (Å²) in [6.45, 7) is 3.81. The van der Waals surface area contributed by atoms with Gasteiger partial charge in [0.15, 0.2) is 6.61 Å². The number of hydrazone groups is 1. The lowest BCUT2D eigenvalue weighted by Gasteiger charge is -2.08. The van der Waals surface area contributed by atoms with E-state index in [-0.39, 0.29) is 12.5 Å². The van der Waals surface area contributed by atoms with Crippen molar-refractivity contribution >= 4 is 35.3 Å². The monoisotopic (exact) mass is 458 g/mol. The molecular formula is C26H26N4O4. The zero-order valence-electron chi connectivity index (χ0n) is 19.0. The average Bonchev–Trinajstić information content (AvgIpc) is 2.85. The largest absolute Gasteiger partial charge is 0.484 e. The second kappa shape index (κ2) is 12.0. The van der Waals surface area contributed by atoms with Crippen molar-refractivity contribution in [3.05, 3.63) is 89.5 Å². The van der Waals surface area contributed by atoms with E-state index in [4.69, 9.17) is 4.74 Å². The number of carbonyl (C=O) groups excluding carboxylic acids is 3. The van der Waals surface area contributed by atoms with Crippen LogP contribution in [0.15, 0.2) is 77.9 Å². The minimum Gasteiger partial charge on any atom is -0.484 e. The molecule has 8 nitrogen and oxygen atoms in total. The van der Waals surface area contributed by atoms with Gasteiger partial charge in [-0.05, 0) is 66.9 Å². The van der Waals surface area contributed by atoms with E-state index in [9.17, 15) is 14.4 Å². The Morgan fingerprint density at radius 3 is 2.29 bits per heavy atom. The van der Waals surface area contributed by atoms with E-state index in [1.165, 1.54) is 6.21 Å². The van der Waals surface area contributed by atoms with Crippen LogP contribution < -0.4 is 20.8 Å². The van der Waals surface area contributed by atoms with Crippen LogP contribution in [-0.2, 0) is 20.8 Å². The first-order chi connectivity index (χ1) is 16.4. The zero-order chi connectivity index (χ0) is 24.3. The number of nitrogens with zero attached hydrogens (tertiary/aromatic N) is 1. The number of ether oxygens (including phenoxy) is 1. The summed E-state index contributed by atoms with van der Waals surface area (Å²) in [4.78, 5) is 36.1. The van der Waals surface area contributed by atoms with E-state index in [1.54, 1.807) is 36.4 Å². The van der Waals surface area contributed by atoms with Crippen molar-refractivity contribution in [2.75, 3.05) is 17.2 Å². The Kier molecular flexibility index (Phi) is 8.51. The number of amides is 3. The number of benzene rings is 3. The Balaban J connectivity index is 1.44. The molecule has 8 heteroatoms. The molecule has 0 aliphatic carbocycles. The summed E-state index contributed by atoms with van der Waals surface area (Å²) in [5.74, 6) is -1.43. The van der Waals surface area contributed by atoms with Gasteiger partial charge in [-0.15, -0.1) is 0 Å². The van der Waals surface area contributed by atoms with Crippen LogP contribution in [0.2, 0.25) is 0 Å². The van der Waals surface area contributed by atoms with Gasteiger partial charge in [-0.3, -0.25) is 14.4 Å². The van der Waals surface area contributed by atoms with E-state index < -0.39 is 11.8 Å². The van der Waals surface area contributed by atoms with Crippen LogP contribution in [0, 0.1) is 6.92 Å². The molecule has 0 aliphatic rings. The summed E-state index contributed by atoms with van der Waals surface area (Å²) >= 11 is 0. The molecule has 0 saturated heterocycles. The Morgan fingerprint density at radius 2 is 1.59 bits per heavy atom. The number of nitrogens with one attached hydrogen (secondary N) is 3. The Morgan fingerprint density at radius 1 is 0.882 bits per heavy atom. The predicted octanol–water partition coefficient (Wildman–Crippen LogP) is 3.66. The highest BCUT2D eigenvalue weighted by Gasteiger charge is 2.14. The van der Waals surface area contributed by atoms with Gasteiger partial charge in [0, 0.05) is 11.4 Å². The van der Waals surface area contributed by atoms with Gasteiger partial charge in [0.2, 0.25) is 0 Å². The minimum atomic E-state index is -0.873. The Hall–Kier alpha value is -4.46. The zero-order valence-corrected chi connectivity index (χ0v) is 19.0. The van der Waals surface area contributed by atoms with Gasteiger partial charge in [0.25, 0.3) is 5.91 Å². The van der Waals surface area contributed by atoms with Crippen molar-refractivity contribution in [3.8, 4) is 5.75 Å². The number of aryl methyl sites for hydroxylation is 2. The van der Waals surface area contributed by atoms with Crippen LogP contribution >= 0.6 is 0 Å². The number of rotatable bonds is 8. The second-order valence-corrected chi connectivity index (χ2v) is 7.44. The van der Waals surface area contributed by atoms with Gasteiger partial charge in [-0.25, -0.2) is 5.43 Å². The smallest absolute Gasteiger partial charge is 0.329 e. The quantitative estimate of drug-likeness (QED) is 0.272. The third-order valence-corrected chi connectivity index (χ3v) is 4.82. The van der Waals surface area contributed by atoms with Crippen LogP contribution in [0.3, 0.4) is 0 Å². The minimum absolute atomic E-state index is 0.131. The molecule has 0 aliphatic heterocycles. The molecule has 3 aromatic carbocycles. The lowest BCUT2D eigenvalue weighted by molar-refractivity contribution is -0.136. The van der Waals surface area contributed by atoms with Crippen molar-refractivity contribution in [2.24, 2.45) is 5.10 Å². The number of hydrogen-bond donors (Lipinski definition) is 3. The molecule has 3 rings (SSSR count). The van der Waals surface area contributed by atoms with Crippen LogP contribution in [0.1, 0.15) is 23.6 Å². The van der Waals surface area contributed by atoms with Gasteiger partial charge < -0.3 is 15.4 Å². The van der Waals surface area contributed by atoms with Gasteiger partial charge in [0.05, 0.1) is 6.21 Å². The van der Waals surface area contributed by atoms with E-state index in [0.29, 0.717) is 22.7 Å². The summed E-state index contributed by atoms with van der Waals surface area (Å²) < 4.78 is 5.49. The molecule has 0 fully saturated rings. The first kappa shape index (κ1) is 24.2. The maximum Gasteiger partial charge on any atom is 0.329 e. The fraction of sp³-hybridized carbons (Fsp3) is 0.154. The molecule has 0 saturated carbocycles. The normalized spacial score (nSPS) is 10.5. The van der Waals surface area contributed by atoms with Crippen LogP contribution in [0.25, 0.3) is 0 Å². The predicted molar refractivity (Wildman–Crippen MR) is 132 cm³/mol. The fourth-order valence-corrected chi connectivity index (χ4v) is 2.98. The lowest BCUT2D eigenvalue weighted by Crippen LogP contribution is -2.32. The van der Waals surface area contributed by atoms with Crippen LogP contribution in [0.4, 0.5) is 11.4 Å². The van der Waals surface area contributed by atoms with Crippen molar-refractivity contribution < 1.29 is 19.1 Å². The van der Waals surface area contributed by atoms with Gasteiger partial charge in [0.1, 0.15) is 5.75 Å². The molecule has 3 aromatic rings. The first-order valence-electron chi connectivity index (χ1n) is 10.8. The van der Waals surface area contributed by atoms with E-state index in [1.807, 2.05) is 50.2 Å². The van der Waals surface area contributed by atoms with Crippen molar-refractivity contribution in [3.63, 3.8) is 0 Å². The Labute approximate surface area is 198 Å². The van der Waals surface area contributed by atoms with Crippen LogP contribution in [0.5, 0.6) is 5.75 Å². The maximum atomic E-state index is 12.1. The Bertz CT molecular complexity index is 1170. The number of carbonyl (C=O) groups is 3.